The number of hydrogen-bond donors (Lipinski definition) is 2. The zero-order valence-electron chi connectivity index (χ0n) is 12.1. The van der Waals surface area contributed by atoms with E-state index >= 15 is 0 Å². The second-order valence-corrected chi connectivity index (χ2v) is 5.69. The zero-order valence-corrected chi connectivity index (χ0v) is 12.9. The van der Waals surface area contributed by atoms with Crippen molar-refractivity contribution in [3.63, 3.8) is 0 Å². The summed E-state index contributed by atoms with van der Waals surface area (Å²) in [5.74, 6) is -0.196. The quantitative estimate of drug-likeness (QED) is 0.901. The van der Waals surface area contributed by atoms with Crippen molar-refractivity contribution in [3.05, 3.63) is 35.1 Å². The fourth-order valence-electron chi connectivity index (χ4n) is 2.34. The van der Waals surface area contributed by atoms with Gasteiger partial charge in [-0.2, -0.15) is 0 Å². The molecule has 0 saturated carbocycles. The first kappa shape index (κ1) is 16.9. The lowest BCUT2D eigenvalue weighted by Gasteiger charge is -2.24. The number of nitrogens with one attached hydrogen (secondary N) is 2. The zero-order chi connectivity index (χ0) is 14.0. The summed E-state index contributed by atoms with van der Waals surface area (Å²) in [6, 6.07) is 4.92. The Balaban J connectivity index is 0.00000200. The maximum atomic E-state index is 13.5. The molecule has 1 aromatic rings. The van der Waals surface area contributed by atoms with Crippen molar-refractivity contribution in [2.75, 3.05) is 13.1 Å². The molecule has 3 nitrogen and oxygen atoms in total. The fourth-order valence-corrected chi connectivity index (χ4v) is 2.34. The summed E-state index contributed by atoms with van der Waals surface area (Å²) >= 11 is 0. The van der Waals surface area contributed by atoms with E-state index in [-0.39, 0.29) is 35.6 Å². The molecule has 2 N–H and O–H groups in total. The van der Waals surface area contributed by atoms with Gasteiger partial charge in [0.15, 0.2) is 0 Å². The van der Waals surface area contributed by atoms with Crippen molar-refractivity contribution in [1.82, 2.24) is 10.6 Å². The summed E-state index contributed by atoms with van der Waals surface area (Å²) in [5.41, 5.74) is 1.07. The molecule has 1 aromatic carbocycles. The predicted molar refractivity (Wildman–Crippen MR) is 80.5 cm³/mol. The predicted octanol–water partition coefficient (Wildman–Crippen LogP) is 2.73. The van der Waals surface area contributed by atoms with Crippen molar-refractivity contribution in [3.8, 4) is 0 Å². The molecule has 1 heterocycles. The van der Waals surface area contributed by atoms with Gasteiger partial charge in [-0.3, -0.25) is 4.79 Å². The Labute approximate surface area is 125 Å². The molecule has 112 valence electrons. The van der Waals surface area contributed by atoms with Crippen LogP contribution in [0.15, 0.2) is 18.2 Å². The Hall–Kier alpha value is -1.13. The Kier molecular flexibility index (Phi) is 5.54. The van der Waals surface area contributed by atoms with E-state index in [1.807, 2.05) is 19.9 Å². The minimum atomic E-state index is -0.350. The molecule has 1 aliphatic rings. The lowest BCUT2D eigenvalue weighted by atomic mass is 9.88. The summed E-state index contributed by atoms with van der Waals surface area (Å²) in [7, 11) is 0. The Morgan fingerprint density at radius 3 is 2.75 bits per heavy atom. The van der Waals surface area contributed by atoms with Crippen molar-refractivity contribution < 1.29 is 9.18 Å². The Morgan fingerprint density at radius 1 is 1.50 bits per heavy atom. The van der Waals surface area contributed by atoms with Crippen LogP contribution in [0, 0.1) is 18.2 Å². The summed E-state index contributed by atoms with van der Waals surface area (Å²) < 4.78 is 13.5. The highest BCUT2D eigenvalue weighted by molar-refractivity contribution is 5.85. The van der Waals surface area contributed by atoms with Crippen LogP contribution in [0.25, 0.3) is 0 Å². The average molecular weight is 301 g/mol. The number of carbonyl (C=O) groups is 1. The monoisotopic (exact) mass is 300 g/mol. The number of amides is 1. The average Bonchev–Trinajstić information content (AvgIpc) is 2.81. The van der Waals surface area contributed by atoms with E-state index in [1.54, 1.807) is 13.0 Å². The van der Waals surface area contributed by atoms with Gasteiger partial charge in [0.1, 0.15) is 5.82 Å². The molecule has 5 heteroatoms. The minimum absolute atomic E-state index is 0. The lowest BCUT2D eigenvalue weighted by molar-refractivity contribution is -0.129. The first-order chi connectivity index (χ1) is 8.92. The van der Waals surface area contributed by atoms with E-state index in [0.717, 1.165) is 18.5 Å². The van der Waals surface area contributed by atoms with Crippen LogP contribution in [0.4, 0.5) is 4.39 Å². The first-order valence-corrected chi connectivity index (χ1v) is 6.70. The van der Waals surface area contributed by atoms with Gasteiger partial charge in [0.25, 0.3) is 0 Å². The number of halogens is 2. The fraction of sp³-hybridized carbons (Fsp3) is 0.533. The van der Waals surface area contributed by atoms with Gasteiger partial charge >= 0.3 is 0 Å². The van der Waals surface area contributed by atoms with Crippen molar-refractivity contribution in [2.24, 2.45) is 5.41 Å². The molecule has 2 atom stereocenters. The first-order valence-electron chi connectivity index (χ1n) is 6.70. The van der Waals surface area contributed by atoms with Crippen molar-refractivity contribution in [1.29, 1.82) is 0 Å². The van der Waals surface area contributed by atoms with Crippen LogP contribution in [-0.2, 0) is 4.79 Å². The van der Waals surface area contributed by atoms with E-state index in [4.69, 9.17) is 0 Å². The lowest BCUT2D eigenvalue weighted by Crippen LogP contribution is -2.41. The minimum Gasteiger partial charge on any atom is -0.349 e. The van der Waals surface area contributed by atoms with E-state index in [2.05, 4.69) is 10.6 Å². The Bertz CT molecular complexity index is 487. The highest BCUT2D eigenvalue weighted by Gasteiger charge is 2.36. The molecule has 2 unspecified atom stereocenters. The molecule has 0 aromatic heterocycles. The SMILES string of the molecule is Cc1ccc(C(C)NC(=O)C2(C)CCNC2)cc1F.Cl. The van der Waals surface area contributed by atoms with Crippen LogP contribution in [0.2, 0.25) is 0 Å². The van der Waals surface area contributed by atoms with E-state index < -0.39 is 0 Å². The van der Waals surface area contributed by atoms with Gasteiger partial charge in [-0.25, -0.2) is 4.39 Å². The third-order valence-corrected chi connectivity index (χ3v) is 3.96. The summed E-state index contributed by atoms with van der Waals surface area (Å²) in [6.45, 7) is 7.15. The van der Waals surface area contributed by atoms with E-state index in [1.165, 1.54) is 6.07 Å². The standard InChI is InChI=1S/C15H21FN2O.ClH/c1-10-4-5-12(8-13(10)16)11(2)18-14(19)15(3)6-7-17-9-15;/h4-5,8,11,17H,6-7,9H2,1-3H3,(H,18,19);1H. The normalized spacial score (nSPS) is 23.0. The third-order valence-electron chi connectivity index (χ3n) is 3.96. The van der Waals surface area contributed by atoms with Gasteiger partial charge in [-0.05, 0) is 50.9 Å². The van der Waals surface area contributed by atoms with Crippen LogP contribution >= 0.6 is 12.4 Å². The van der Waals surface area contributed by atoms with Gasteiger partial charge in [0, 0.05) is 6.54 Å². The number of aryl methyl sites for hydroxylation is 1. The maximum absolute atomic E-state index is 13.5. The molecule has 0 bridgehead atoms. The summed E-state index contributed by atoms with van der Waals surface area (Å²) in [5, 5.41) is 6.18. The summed E-state index contributed by atoms with van der Waals surface area (Å²) in [4.78, 5) is 12.3. The molecule has 1 fully saturated rings. The number of rotatable bonds is 3. The van der Waals surface area contributed by atoms with Gasteiger partial charge in [0.2, 0.25) is 5.91 Å². The molecular formula is C15H22ClFN2O. The largest absolute Gasteiger partial charge is 0.349 e. The second-order valence-electron chi connectivity index (χ2n) is 5.69. The van der Waals surface area contributed by atoms with Crippen LogP contribution in [-0.4, -0.2) is 19.0 Å². The highest BCUT2D eigenvalue weighted by Crippen LogP contribution is 2.26. The van der Waals surface area contributed by atoms with Gasteiger partial charge in [-0.1, -0.05) is 12.1 Å². The molecule has 0 radical (unpaired) electrons. The molecule has 0 spiro atoms. The van der Waals surface area contributed by atoms with E-state index in [0.29, 0.717) is 12.1 Å². The van der Waals surface area contributed by atoms with Gasteiger partial charge in [-0.15, -0.1) is 12.4 Å². The van der Waals surface area contributed by atoms with Crippen LogP contribution < -0.4 is 10.6 Å². The molecule has 1 amide bonds. The number of benzene rings is 1. The third kappa shape index (κ3) is 3.49. The maximum Gasteiger partial charge on any atom is 0.227 e. The summed E-state index contributed by atoms with van der Waals surface area (Å²) in [6.07, 6.45) is 0.841. The number of carbonyl (C=O) groups excluding carboxylic acids is 1. The molecule has 1 aliphatic heterocycles. The smallest absolute Gasteiger partial charge is 0.227 e. The van der Waals surface area contributed by atoms with Crippen LogP contribution in [0.3, 0.4) is 0 Å². The van der Waals surface area contributed by atoms with Gasteiger partial charge in [0.05, 0.1) is 11.5 Å². The van der Waals surface area contributed by atoms with Crippen LogP contribution in [0.1, 0.15) is 37.4 Å². The van der Waals surface area contributed by atoms with Gasteiger partial charge < -0.3 is 10.6 Å². The molecule has 20 heavy (non-hydrogen) atoms. The molecular weight excluding hydrogens is 279 g/mol. The number of hydrogen-bond acceptors (Lipinski definition) is 2. The molecule has 0 aliphatic carbocycles. The van der Waals surface area contributed by atoms with Crippen molar-refractivity contribution >= 4 is 18.3 Å². The molecule has 2 rings (SSSR count). The topological polar surface area (TPSA) is 41.1 Å². The van der Waals surface area contributed by atoms with Crippen LogP contribution in [0.5, 0.6) is 0 Å². The van der Waals surface area contributed by atoms with E-state index in [9.17, 15) is 9.18 Å². The second kappa shape index (κ2) is 6.55. The highest BCUT2D eigenvalue weighted by atomic mass is 35.5. The Morgan fingerprint density at radius 2 is 2.20 bits per heavy atom. The van der Waals surface area contributed by atoms with Crippen molar-refractivity contribution in [2.45, 2.75) is 33.2 Å². The molecule has 1 saturated heterocycles.